The van der Waals surface area contributed by atoms with Crippen LogP contribution in [0.2, 0.25) is 0 Å². The van der Waals surface area contributed by atoms with Crippen molar-refractivity contribution < 1.29 is 4.79 Å². The van der Waals surface area contributed by atoms with Crippen LogP contribution in [-0.2, 0) is 7.05 Å². The number of thiocarbonyl (C=S) groups is 1. The number of rotatable bonds is 3. The molecule has 3 N–H and O–H groups in total. The van der Waals surface area contributed by atoms with E-state index in [9.17, 15) is 4.79 Å². The molecule has 2 rings (SSSR count). The lowest BCUT2D eigenvalue weighted by Crippen LogP contribution is -2.19. The molecule has 0 spiro atoms. The SMILES string of the molecule is Cc1cc(C)cc(C(=O)Nc2c(C(N)=S)cnn2C)c1. The Morgan fingerprint density at radius 2 is 1.90 bits per heavy atom. The Morgan fingerprint density at radius 3 is 2.45 bits per heavy atom. The smallest absolute Gasteiger partial charge is 0.256 e. The van der Waals surface area contributed by atoms with Crippen LogP contribution in [0.5, 0.6) is 0 Å². The van der Waals surface area contributed by atoms with E-state index in [2.05, 4.69) is 10.4 Å². The average molecular weight is 288 g/mol. The highest BCUT2D eigenvalue weighted by Crippen LogP contribution is 2.16. The monoisotopic (exact) mass is 288 g/mol. The first-order valence-electron chi connectivity index (χ1n) is 6.10. The zero-order valence-electron chi connectivity index (χ0n) is 11.6. The molecule has 0 radical (unpaired) electrons. The van der Waals surface area contributed by atoms with Gasteiger partial charge in [0, 0.05) is 12.6 Å². The molecule has 0 unspecified atom stereocenters. The van der Waals surface area contributed by atoms with Crippen LogP contribution in [0.1, 0.15) is 27.0 Å². The first kappa shape index (κ1) is 14.2. The van der Waals surface area contributed by atoms with Crippen molar-refractivity contribution in [2.45, 2.75) is 13.8 Å². The van der Waals surface area contributed by atoms with Gasteiger partial charge in [-0.1, -0.05) is 29.4 Å². The van der Waals surface area contributed by atoms with Crippen molar-refractivity contribution in [1.29, 1.82) is 0 Å². The van der Waals surface area contributed by atoms with Crippen molar-refractivity contribution in [1.82, 2.24) is 9.78 Å². The summed E-state index contributed by atoms with van der Waals surface area (Å²) in [7, 11) is 1.72. The Bertz CT molecular complexity index is 670. The molecule has 0 saturated heterocycles. The summed E-state index contributed by atoms with van der Waals surface area (Å²) in [5, 5.41) is 6.86. The predicted molar refractivity (Wildman–Crippen MR) is 83.0 cm³/mol. The minimum atomic E-state index is -0.210. The number of aromatic nitrogens is 2. The number of hydrogen-bond acceptors (Lipinski definition) is 3. The molecule has 0 aliphatic rings. The van der Waals surface area contributed by atoms with Crippen LogP contribution in [0.4, 0.5) is 5.82 Å². The summed E-state index contributed by atoms with van der Waals surface area (Å²) in [6.45, 7) is 3.91. The summed E-state index contributed by atoms with van der Waals surface area (Å²) in [5.74, 6) is 0.291. The molecule has 0 bridgehead atoms. The van der Waals surface area contributed by atoms with Crippen molar-refractivity contribution in [3.05, 3.63) is 46.6 Å². The molecule has 104 valence electrons. The summed E-state index contributed by atoms with van der Waals surface area (Å²) in [6.07, 6.45) is 1.54. The number of aryl methyl sites for hydroxylation is 3. The van der Waals surface area contributed by atoms with Gasteiger partial charge in [0.1, 0.15) is 10.8 Å². The molecule has 0 atom stereocenters. The van der Waals surface area contributed by atoms with E-state index in [4.69, 9.17) is 18.0 Å². The summed E-state index contributed by atoms with van der Waals surface area (Å²) < 4.78 is 1.54. The molecule has 0 aliphatic carbocycles. The van der Waals surface area contributed by atoms with E-state index < -0.39 is 0 Å². The molecule has 5 nitrogen and oxygen atoms in total. The lowest BCUT2D eigenvalue weighted by Gasteiger charge is -2.09. The second kappa shape index (κ2) is 5.42. The molecule has 20 heavy (non-hydrogen) atoms. The van der Waals surface area contributed by atoms with Gasteiger partial charge in [-0.3, -0.25) is 9.48 Å². The van der Waals surface area contributed by atoms with Crippen LogP contribution in [-0.4, -0.2) is 20.7 Å². The van der Waals surface area contributed by atoms with Gasteiger partial charge < -0.3 is 11.1 Å². The highest BCUT2D eigenvalue weighted by atomic mass is 32.1. The third kappa shape index (κ3) is 2.85. The number of carbonyl (C=O) groups excluding carboxylic acids is 1. The number of hydrogen-bond donors (Lipinski definition) is 2. The predicted octanol–water partition coefficient (Wildman–Crippen LogP) is 1.92. The number of anilines is 1. The first-order chi connectivity index (χ1) is 9.38. The van der Waals surface area contributed by atoms with Crippen LogP contribution in [0, 0.1) is 13.8 Å². The van der Waals surface area contributed by atoms with Gasteiger partial charge in [-0.15, -0.1) is 0 Å². The van der Waals surface area contributed by atoms with E-state index in [0.717, 1.165) is 11.1 Å². The molecule has 1 amide bonds. The van der Waals surface area contributed by atoms with E-state index in [0.29, 0.717) is 16.9 Å². The largest absolute Gasteiger partial charge is 0.389 e. The van der Waals surface area contributed by atoms with Crippen molar-refractivity contribution >= 4 is 28.9 Å². The first-order valence-corrected chi connectivity index (χ1v) is 6.50. The third-order valence-electron chi connectivity index (χ3n) is 2.92. The zero-order valence-corrected chi connectivity index (χ0v) is 12.4. The third-order valence-corrected chi connectivity index (χ3v) is 3.14. The number of nitrogens with one attached hydrogen (secondary N) is 1. The molecule has 2 aromatic rings. The maximum Gasteiger partial charge on any atom is 0.256 e. The minimum Gasteiger partial charge on any atom is -0.389 e. The number of benzene rings is 1. The van der Waals surface area contributed by atoms with Crippen LogP contribution in [0.3, 0.4) is 0 Å². The highest BCUT2D eigenvalue weighted by Gasteiger charge is 2.15. The van der Waals surface area contributed by atoms with E-state index in [1.807, 2.05) is 32.0 Å². The molecule has 1 aromatic heterocycles. The molecule has 0 saturated carbocycles. The Hall–Kier alpha value is -2.21. The van der Waals surface area contributed by atoms with Gasteiger partial charge in [0.2, 0.25) is 0 Å². The summed E-state index contributed by atoms with van der Waals surface area (Å²) >= 11 is 4.95. The lowest BCUT2D eigenvalue weighted by atomic mass is 10.1. The number of amides is 1. The van der Waals surface area contributed by atoms with E-state index >= 15 is 0 Å². The Kier molecular flexibility index (Phi) is 3.85. The molecule has 0 aliphatic heterocycles. The quantitative estimate of drug-likeness (QED) is 0.846. The second-order valence-corrected chi connectivity index (χ2v) is 5.17. The van der Waals surface area contributed by atoms with Crippen LogP contribution in [0.25, 0.3) is 0 Å². The average Bonchev–Trinajstić information content (AvgIpc) is 2.70. The van der Waals surface area contributed by atoms with Gasteiger partial charge in [-0.2, -0.15) is 5.10 Å². The Balaban J connectivity index is 2.32. The van der Waals surface area contributed by atoms with Crippen LogP contribution >= 0.6 is 12.2 Å². The summed E-state index contributed by atoms with van der Waals surface area (Å²) in [6, 6.07) is 5.68. The van der Waals surface area contributed by atoms with Crippen molar-refractivity contribution in [3.8, 4) is 0 Å². The van der Waals surface area contributed by atoms with Gasteiger partial charge in [-0.05, 0) is 26.0 Å². The van der Waals surface area contributed by atoms with Gasteiger partial charge >= 0.3 is 0 Å². The Morgan fingerprint density at radius 1 is 1.30 bits per heavy atom. The summed E-state index contributed by atoms with van der Waals surface area (Å²) in [4.78, 5) is 12.5. The van der Waals surface area contributed by atoms with Gasteiger partial charge in [-0.25, -0.2) is 0 Å². The van der Waals surface area contributed by atoms with Crippen LogP contribution < -0.4 is 11.1 Å². The lowest BCUT2D eigenvalue weighted by molar-refractivity contribution is 0.102. The number of carbonyl (C=O) groups is 1. The molecule has 1 aromatic carbocycles. The highest BCUT2D eigenvalue weighted by molar-refractivity contribution is 7.80. The van der Waals surface area contributed by atoms with Gasteiger partial charge in [0.25, 0.3) is 5.91 Å². The second-order valence-electron chi connectivity index (χ2n) is 4.73. The molecule has 0 fully saturated rings. The van der Waals surface area contributed by atoms with E-state index in [-0.39, 0.29) is 10.9 Å². The normalized spacial score (nSPS) is 10.3. The maximum absolute atomic E-state index is 12.3. The van der Waals surface area contributed by atoms with Crippen LogP contribution in [0.15, 0.2) is 24.4 Å². The molecular weight excluding hydrogens is 272 g/mol. The van der Waals surface area contributed by atoms with E-state index in [1.54, 1.807) is 13.2 Å². The molecule has 6 heteroatoms. The van der Waals surface area contributed by atoms with Crippen molar-refractivity contribution in [2.75, 3.05) is 5.32 Å². The molecule has 1 heterocycles. The molecular formula is C14H16N4OS. The van der Waals surface area contributed by atoms with Gasteiger partial charge in [0.15, 0.2) is 0 Å². The fourth-order valence-corrected chi connectivity index (χ4v) is 2.20. The topological polar surface area (TPSA) is 72.9 Å². The maximum atomic E-state index is 12.3. The van der Waals surface area contributed by atoms with E-state index in [1.165, 1.54) is 4.68 Å². The van der Waals surface area contributed by atoms with Crippen molar-refractivity contribution in [3.63, 3.8) is 0 Å². The fourth-order valence-electron chi connectivity index (χ4n) is 2.05. The number of nitrogens with two attached hydrogens (primary N) is 1. The fraction of sp³-hybridized carbons (Fsp3) is 0.214. The van der Waals surface area contributed by atoms with Crippen molar-refractivity contribution in [2.24, 2.45) is 12.8 Å². The van der Waals surface area contributed by atoms with Gasteiger partial charge in [0.05, 0.1) is 11.8 Å². The Labute approximate surface area is 122 Å². The zero-order chi connectivity index (χ0) is 14.9. The standard InChI is InChI=1S/C14H16N4OS/c1-8-4-9(2)6-10(5-8)14(19)17-13-11(12(15)20)7-16-18(13)3/h4-7H,1-3H3,(H2,15,20)(H,17,19). The number of nitrogens with zero attached hydrogens (tertiary/aromatic N) is 2. The minimum absolute atomic E-state index is 0.203. The summed E-state index contributed by atoms with van der Waals surface area (Å²) in [5.41, 5.74) is 8.84.